The maximum atomic E-state index is 13.0. The van der Waals surface area contributed by atoms with Crippen molar-refractivity contribution < 1.29 is 28.2 Å². The third kappa shape index (κ3) is 5.81. The topological polar surface area (TPSA) is 115 Å². The number of hydrogen-bond acceptors (Lipinski definition) is 5. The average molecular weight is 449 g/mol. The van der Waals surface area contributed by atoms with Crippen LogP contribution in [0.3, 0.4) is 0 Å². The summed E-state index contributed by atoms with van der Waals surface area (Å²) in [6, 6.07) is 14.0. The van der Waals surface area contributed by atoms with E-state index in [-0.39, 0.29) is 0 Å². The Balaban J connectivity index is 0.000000401. The quantitative estimate of drug-likeness (QED) is 0.694. The molecule has 2 N–H and O–H groups in total. The summed E-state index contributed by atoms with van der Waals surface area (Å²) in [5.41, 5.74) is 0. The minimum Gasteiger partial charge on any atom is -0.473 e. The highest BCUT2D eigenvalue weighted by Crippen LogP contribution is 2.26. The molecular weight excluding hydrogens is 420 g/mol. The van der Waals surface area contributed by atoms with Gasteiger partial charge in [-0.1, -0.05) is 49.6 Å². The van der Waals surface area contributed by atoms with Crippen molar-refractivity contribution in [1.29, 1.82) is 0 Å². The molecule has 1 saturated carbocycles. The van der Waals surface area contributed by atoms with Gasteiger partial charge in [0.15, 0.2) is 0 Å². The number of piperazine rings is 1. The van der Waals surface area contributed by atoms with Gasteiger partial charge in [0, 0.05) is 32.2 Å². The molecule has 0 atom stereocenters. The molecule has 2 fully saturated rings. The molecule has 1 aliphatic carbocycles. The molecule has 1 saturated heterocycles. The molecular formula is C22H28N2O6S. The number of carboxylic acids is 2. The van der Waals surface area contributed by atoms with Gasteiger partial charge >= 0.3 is 11.9 Å². The molecule has 0 spiro atoms. The van der Waals surface area contributed by atoms with Crippen molar-refractivity contribution in [2.75, 3.05) is 26.2 Å². The van der Waals surface area contributed by atoms with E-state index in [9.17, 15) is 8.42 Å². The van der Waals surface area contributed by atoms with Gasteiger partial charge < -0.3 is 10.2 Å². The lowest BCUT2D eigenvalue weighted by Crippen LogP contribution is -2.52. The van der Waals surface area contributed by atoms with Crippen LogP contribution in [-0.2, 0) is 19.6 Å². The molecule has 8 nitrogen and oxygen atoms in total. The summed E-state index contributed by atoms with van der Waals surface area (Å²) in [6.45, 7) is 2.92. The van der Waals surface area contributed by atoms with Crippen LogP contribution >= 0.6 is 0 Å². The van der Waals surface area contributed by atoms with E-state index in [0.29, 0.717) is 24.0 Å². The first-order valence-electron chi connectivity index (χ1n) is 10.5. The van der Waals surface area contributed by atoms with E-state index in [2.05, 4.69) is 4.90 Å². The van der Waals surface area contributed by atoms with Crippen LogP contribution in [0.1, 0.15) is 32.1 Å². The summed E-state index contributed by atoms with van der Waals surface area (Å²) >= 11 is 0. The molecule has 2 aromatic carbocycles. The van der Waals surface area contributed by atoms with E-state index in [1.165, 1.54) is 32.1 Å². The minimum absolute atomic E-state index is 0.414. The Morgan fingerprint density at radius 3 is 1.97 bits per heavy atom. The molecule has 4 rings (SSSR count). The van der Waals surface area contributed by atoms with E-state index in [4.69, 9.17) is 19.8 Å². The number of sulfonamides is 1. The highest BCUT2D eigenvalue weighted by molar-refractivity contribution is 7.89. The van der Waals surface area contributed by atoms with Gasteiger partial charge in [-0.15, -0.1) is 0 Å². The lowest BCUT2D eigenvalue weighted by Gasteiger charge is -2.40. The first-order valence-corrected chi connectivity index (χ1v) is 11.9. The van der Waals surface area contributed by atoms with Crippen LogP contribution in [0.25, 0.3) is 10.8 Å². The Morgan fingerprint density at radius 1 is 0.806 bits per heavy atom. The average Bonchev–Trinajstić information content (AvgIpc) is 2.79. The van der Waals surface area contributed by atoms with Crippen molar-refractivity contribution in [2.24, 2.45) is 0 Å². The Bertz CT molecular complexity index is 1010. The third-order valence-electron chi connectivity index (χ3n) is 5.91. The summed E-state index contributed by atoms with van der Waals surface area (Å²) in [5.74, 6) is -3.65. The van der Waals surface area contributed by atoms with Crippen LogP contribution in [0, 0.1) is 0 Å². The second-order valence-electron chi connectivity index (χ2n) is 7.85. The standard InChI is InChI=1S/C20H26N2O2S.C2H2O4/c23-25(24,20-11-10-17-6-4-5-7-18(17)16-20)22-14-12-21(13-15-22)19-8-2-1-3-9-19;3-1(4)2(5)6/h4-7,10-11,16,19H,1-3,8-9,12-15H2;(H,3,4)(H,5,6). The fourth-order valence-electron chi connectivity index (χ4n) is 4.23. The van der Waals surface area contributed by atoms with Crippen LogP contribution in [0.2, 0.25) is 0 Å². The van der Waals surface area contributed by atoms with E-state index in [1.807, 2.05) is 30.3 Å². The maximum Gasteiger partial charge on any atom is 0.414 e. The fraction of sp³-hybridized carbons (Fsp3) is 0.455. The van der Waals surface area contributed by atoms with Gasteiger partial charge in [-0.25, -0.2) is 18.0 Å². The number of hydrogen-bond donors (Lipinski definition) is 2. The molecule has 9 heteroatoms. The van der Waals surface area contributed by atoms with Crippen molar-refractivity contribution in [3.63, 3.8) is 0 Å². The van der Waals surface area contributed by atoms with Gasteiger partial charge in [0.2, 0.25) is 10.0 Å². The van der Waals surface area contributed by atoms with Crippen molar-refractivity contribution in [1.82, 2.24) is 9.21 Å². The molecule has 0 amide bonds. The van der Waals surface area contributed by atoms with E-state index < -0.39 is 22.0 Å². The first-order chi connectivity index (χ1) is 14.8. The number of rotatable bonds is 3. The van der Waals surface area contributed by atoms with Crippen molar-refractivity contribution in [3.05, 3.63) is 42.5 Å². The van der Waals surface area contributed by atoms with Crippen LogP contribution in [0.5, 0.6) is 0 Å². The number of nitrogens with zero attached hydrogens (tertiary/aromatic N) is 2. The normalized spacial score (nSPS) is 18.8. The largest absolute Gasteiger partial charge is 0.473 e. The van der Waals surface area contributed by atoms with Crippen LogP contribution in [0.4, 0.5) is 0 Å². The molecule has 0 aromatic heterocycles. The van der Waals surface area contributed by atoms with E-state index >= 15 is 0 Å². The van der Waals surface area contributed by atoms with Gasteiger partial charge in [-0.05, 0) is 35.7 Å². The second kappa shape index (κ2) is 10.2. The van der Waals surface area contributed by atoms with Crippen LogP contribution in [0.15, 0.2) is 47.4 Å². The summed E-state index contributed by atoms with van der Waals surface area (Å²) in [4.78, 5) is 21.1. The van der Waals surface area contributed by atoms with Crippen LogP contribution < -0.4 is 0 Å². The predicted octanol–water partition coefficient (Wildman–Crippen LogP) is 2.63. The zero-order chi connectivity index (χ0) is 22.4. The van der Waals surface area contributed by atoms with Crippen molar-refractivity contribution >= 4 is 32.7 Å². The number of benzene rings is 2. The fourth-order valence-corrected chi connectivity index (χ4v) is 5.69. The highest BCUT2D eigenvalue weighted by atomic mass is 32.2. The summed E-state index contributed by atoms with van der Waals surface area (Å²) in [5, 5.41) is 16.8. The predicted molar refractivity (Wildman–Crippen MR) is 116 cm³/mol. The smallest absolute Gasteiger partial charge is 0.414 e. The number of aliphatic carboxylic acids is 2. The lowest BCUT2D eigenvalue weighted by molar-refractivity contribution is -0.159. The maximum absolute atomic E-state index is 13.0. The Labute approximate surface area is 182 Å². The van der Waals surface area contributed by atoms with Gasteiger partial charge in [-0.3, -0.25) is 4.90 Å². The molecule has 168 valence electrons. The number of carboxylic acid groups (broad SMARTS) is 2. The van der Waals surface area contributed by atoms with Gasteiger partial charge in [0.25, 0.3) is 0 Å². The second-order valence-corrected chi connectivity index (χ2v) is 9.79. The molecule has 1 aliphatic heterocycles. The summed E-state index contributed by atoms with van der Waals surface area (Å²) < 4.78 is 27.7. The van der Waals surface area contributed by atoms with E-state index in [1.54, 1.807) is 16.4 Å². The SMILES string of the molecule is O=C(O)C(=O)O.O=S(=O)(c1ccc2ccccc2c1)N1CCN(C2CCCCC2)CC1. The molecule has 1 heterocycles. The molecule has 0 unspecified atom stereocenters. The van der Waals surface area contributed by atoms with Gasteiger partial charge in [-0.2, -0.15) is 4.31 Å². The Hall–Kier alpha value is -2.49. The Morgan fingerprint density at radius 2 is 1.39 bits per heavy atom. The number of carbonyl (C=O) groups is 2. The monoisotopic (exact) mass is 448 g/mol. The van der Waals surface area contributed by atoms with Gasteiger partial charge in [0.05, 0.1) is 4.90 Å². The molecule has 2 aliphatic rings. The Kier molecular flexibility index (Phi) is 7.64. The molecule has 0 bridgehead atoms. The third-order valence-corrected chi connectivity index (χ3v) is 7.80. The number of fused-ring (bicyclic) bond motifs is 1. The zero-order valence-electron chi connectivity index (χ0n) is 17.3. The summed E-state index contributed by atoms with van der Waals surface area (Å²) in [7, 11) is -3.40. The van der Waals surface area contributed by atoms with Crippen molar-refractivity contribution in [2.45, 2.75) is 43.0 Å². The van der Waals surface area contributed by atoms with Crippen LogP contribution in [-0.4, -0.2) is 72.0 Å². The lowest BCUT2D eigenvalue weighted by atomic mass is 9.94. The zero-order valence-corrected chi connectivity index (χ0v) is 18.1. The van der Waals surface area contributed by atoms with Gasteiger partial charge in [0.1, 0.15) is 0 Å². The van der Waals surface area contributed by atoms with Crippen molar-refractivity contribution in [3.8, 4) is 0 Å². The first kappa shape index (κ1) is 23.2. The summed E-state index contributed by atoms with van der Waals surface area (Å²) in [6.07, 6.45) is 6.54. The van der Waals surface area contributed by atoms with E-state index in [0.717, 1.165) is 23.9 Å². The molecule has 31 heavy (non-hydrogen) atoms. The molecule has 2 aromatic rings. The minimum atomic E-state index is -3.40. The molecule has 0 radical (unpaired) electrons. The highest BCUT2D eigenvalue weighted by Gasteiger charge is 2.31.